The van der Waals surface area contributed by atoms with Gasteiger partial charge in [0.1, 0.15) is 30.7 Å². The summed E-state index contributed by atoms with van der Waals surface area (Å²) in [6, 6.07) is 23.0. The van der Waals surface area contributed by atoms with E-state index in [4.69, 9.17) is 9.57 Å². The van der Waals surface area contributed by atoms with Crippen LogP contribution in [0.1, 0.15) is 23.6 Å². The number of aliphatic carboxylic acids is 1. The molecule has 0 amide bonds. The smallest absolute Gasteiger partial charge is 0.312 e. The minimum atomic E-state index is -0.989. The second-order valence-corrected chi connectivity index (χ2v) is 8.29. The van der Waals surface area contributed by atoms with Gasteiger partial charge in [-0.2, -0.15) is 5.10 Å². The van der Waals surface area contributed by atoms with E-state index in [2.05, 4.69) is 10.3 Å². The molecular weight excluding hydrogens is 461 g/mol. The van der Waals surface area contributed by atoms with Crippen molar-refractivity contribution in [2.75, 3.05) is 0 Å². The molecule has 0 saturated heterocycles. The molecule has 0 aliphatic carbocycles. The van der Waals surface area contributed by atoms with Crippen molar-refractivity contribution in [2.45, 2.75) is 26.6 Å². The third kappa shape index (κ3) is 6.79. The average molecular weight is 488 g/mol. The van der Waals surface area contributed by atoms with Crippen LogP contribution in [0.15, 0.2) is 96.4 Å². The van der Waals surface area contributed by atoms with Crippen LogP contribution in [0.25, 0.3) is 5.69 Å². The number of para-hydroxylation sites is 1. The van der Waals surface area contributed by atoms with Crippen molar-refractivity contribution in [1.82, 2.24) is 9.78 Å². The molecular formula is C28H26FN3O4. The number of carbonyl (C=O) groups is 1. The molecule has 0 bridgehead atoms. The Morgan fingerprint density at radius 2 is 1.67 bits per heavy atom. The number of hydrogen-bond acceptors (Lipinski definition) is 5. The van der Waals surface area contributed by atoms with Crippen LogP contribution in [-0.2, 0) is 29.3 Å². The molecule has 0 spiro atoms. The fourth-order valence-electron chi connectivity index (χ4n) is 3.55. The molecule has 36 heavy (non-hydrogen) atoms. The fourth-order valence-corrected chi connectivity index (χ4v) is 3.55. The van der Waals surface area contributed by atoms with Gasteiger partial charge in [-0.1, -0.05) is 47.6 Å². The lowest BCUT2D eigenvalue weighted by Crippen LogP contribution is -2.24. The van der Waals surface area contributed by atoms with E-state index >= 15 is 0 Å². The Morgan fingerprint density at radius 3 is 2.36 bits per heavy atom. The first-order valence-electron chi connectivity index (χ1n) is 11.4. The molecule has 1 unspecified atom stereocenters. The van der Waals surface area contributed by atoms with E-state index in [1.807, 2.05) is 60.8 Å². The standard InChI is InChI=1S/C28H26FN3O4/c1-20(31-36-19-22-7-11-24(29)12-8-22)27(28(33)34)15-21-9-13-26(14-10-21)35-18-23-16-30-32(17-23)25-5-3-2-4-6-25/h2-14,16-17,27H,15,18-19H2,1H3,(H,33,34). The molecule has 7 nitrogen and oxygen atoms in total. The molecule has 8 heteroatoms. The maximum Gasteiger partial charge on any atom is 0.312 e. The predicted molar refractivity (Wildman–Crippen MR) is 133 cm³/mol. The molecule has 0 aliphatic heterocycles. The number of rotatable bonds is 11. The molecule has 4 rings (SSSR count). The molecule has 0 saturated carbocycles. The third-order valence-electron chi connectivity index (χ3n) is 5.58. The first kappa shape index (κ1) is 24.7. The topological polar surface area (TPSA) is 85.9 Å². The van der Waals surface area contributed by atoms with E-state index in [1.165, 1.54) is 12.1 Å². The Hall–Kier alpha value is -4.46. The summed E-state index contributed by atoms with van der Waals surface area (Å²) in [4.78, 5) is 17.1. The van der Waals surface area contributed by atoms with E-state index in [0.29, 0.717) is 18.1 Å². The number of carboxylic acid groups (broad SMARTS) is 1. The summed E-state index contributed by atoms with van der Waals surface area (Å²) in [5, 5.41) is 18.0. The monoisotopic (exact) mass is 487 g/mol. The maximum absolute atomic E-state index is 13.0. The fraction of sp³-hybridized carbons (Fsp3) is 0.179. The van der Waals surface area contributed by atoms with Gasteiger partial charge < -0.3 is 14.7 Å². The van der Waals surface area contributed by atoms with Crippen molar-refractivity contribution < 1.29 is 23.9 Å². The van der Waals surface area contributed by atoms with Crippen LogP contribution in [0.3, 0.4) is 0 Å². The second kappa shape index (κ2) is 11.8. The first-order valence-corrected chi connectivity index (χ1v) is 11.4. The van der Waals surface area contributed by atoms with Crippen LogP contribution in [-0.4, -0.2) is 26.6 Å². The number of oxime groups is 1. The van der Waals surface area contributed by atoms with Crippen molar-refractivity contribution in [2.24, 2.45) is 11.1 Å². The van der Waals surface area contributed by atoms with Crippen LogP contribution >= 0.6 is 0 Å². The Balaban J connectivity index is 1.30. The molecule has 1 aromatic heterocycles. The van der Waals surface area contributed by atoms with Crippen LogP contribution in [0.2, 0.25) is 0 Å². The molecule has 0 radical (unpaired) electrons. The van der Waals surface area contributed by atoms with Gasteiger partial charge in [0.2, 0.25) is 0 Å². The van der Waals surface area contributed by atoms with Crippen LogP contribution in [0, 0.1) is 11.7 Å². The summed E-state index contributed by atoms with van der Waals surface area (Å²) in [6.45, 7) is 2.11. The van der Waals surface area contributed by atoms with E-state index in [1.54, 1.807) is 29.9 Å². The van der Waals surface area contributed by atoms with Gasteiger partial charge >= 0.3 is 5.97 Å². The van der Waals surface area contributed by atoms with Gasteiger partial charge in [0.25, 0.3) is 0 Å². The van der Waals surface area contributed by atoms with Crippen molar-refractivity contribution in [3.8, 4) is 11.4 Å². The normalized spacial score (nSPS) is 12.2. The Labute approximate surface area is 208 Å². The number of nitrogens with zero attached hydrogens (tertiary/aromatic N) is 3. The molecule has 0 aliphatic rings. The Bertz CT molecular complexity index is 1300. The Kier molecular flexibility index (Phi) is 8.08. The molecule has 1 N–H and O–H groups in total. The summed E-state index contributed by atoms with van der Waals surface area (Å²) >= 11 is 0. The number of aromatic nitrogens is 2. The summed E-state index contributed by atoms with van der Waals surface area (Å²) in [6.07, 6.45) is 3.94. The minimum absolute atomic E-state index is 0.125. The molecule has 1 heterocycles. The highest BCUT2D eigenvalue weighted by Crippen LogP contribution is 2.18. The quantitative estimate of drug-likeness (QED) is 0.225. The zero-order chi connectivity index (χ0) is 25.3. The molecule has 1 atom stereocenters. The zero-order valence-electron chi connectivity index (χ0n) is 19.8. The molecule has 0 fully saturated rings. The lowest BCUT2D eigenvalue weighted by molar-refractivity contribution is -0.139. The lowest BCUT2D eigenvalue weighted by atomic mass is 9.95. The van der Waals surface area contributed by atoms with E-state index in [0.717, 1.165) is 22.4 Å². The van der Waals surface area contributed by atoms with Crippen molar-refractivity contribution in [3.63, 3.8) is 0 Å². The van der Waals surface area contributed by atoms with E-state index < -0.39 is 11.9 Å². The second-order valence-electron chi connectivity index (χ2n) is 8.29. The maximum atomic E-state index is 13.0. The van der Waals surface area contributed by atoms with Gasteiger partial charge in [-0.3, -0.25) is 4.79 Å². The van der Waals surface area contributed by atoms with Gasteiger partial charge in [0.05, 0.1) is 17.6 Å². The van der Waals surface area contributed by atoms with Crippen molar-refractivity contribution >= 4 is 11.7 Å². The number of carboxylic acids is 1. The highest BCUT2D eigenvalue weighted by Gasteiger charge is 2.22. The molecule has 3 aromatic carbocycles. The zero-order valence-corrected chi connectivity index (χ0v) is 19.8. The number of hydrogen-bond donors (Lipinski definition) is 1. The third-order valence-corrected chi connectivity index (χ3v) is 5.58. The summed E-state index contributed by atoms with van der Waals surface area (Å²) in [7, 11) is 0. The van der Waals surface area contributed by atoms with Gasteiger partial charge in [-0.05, 0) is 60.9 Å². The predicted octanol–water partition coefficient (Wildman–Crippen LogP) is 5.43. The average Bonchev–Trinajstić information content (AvgIpc) is 3.37. The Morgan fingerprint density at radius 1 is 0.972 bits per heavy atom. The van der Waals surface area contributed by atoms with Crippen molar-refractivity contribution in [1.29, 1.82) is 0 Å². The summed E-state index contributed by atoms with van der Waals surface area (Å²) in [5.41, 5.74) is 3.82. The van der Waals surface area contributed by atoms with E-state index in [9.17, 15) is 14.3 Å². The van der Waals surface area contributed by atoms with Gasteiger partial charge in [-0.25, -0.2) is 9.07 Å². The highest BCUT2D eigenvalue weighted by atomic mass is 19.1. The van der Waals surface area contributed by atoms with Crippen LogP contribution in [0.5, 0.6) is 5.75 Å². The minimum Gasteiger partial charge on any atom is -0.489 e. The summed E-state index contributed by atoms with van der Waals surface area (Å²) in [5.74, 6) is -1.49. The van der Waals surface area contributed by atoms with Gasteiger partial charge in [-0.15, -0.1) is 0 Å². The molecule has 184 valence electrons. The highest BCUT2D eigenvalue weighted by molar-refractivity contribution is 6.00. The van der Waals surface area contributed by atoms with Crippen LogP contribution in [0.4, 0.5) is 4.39 Å². The number of benzene rings is 3. The number of ether oxygens (including phenoxy) is 1. The SMILES string of the molecule is CC(=NOCc1ccc(F)cc1)C(Cc1ccc(OCc2cnn(-c3ccccc3)c2)cc1)C(=O)O. The molecule has 4 aromatic rings. The van der Waals surface area contributed by atoms with E-state index in [-0.39, 0.29) is 18.8 Å². The van der Waals surface area contributed by atoms with Gasteiger partial charge in [0.15, 0.2) is 0 Å². The first-order chi connectivity index (χ1) is 17.5. The number of halogens is 1. The van der Waals surface area contributed by atoms with Crippen molar-refractivity contribution in [3.05, 3.63) is 114 Å². The summed E-state index contributed by atoms with van der Waals surface area (Å²) < 4.78 is 20.7. The largest absolute Gasteiger partial charge is 0.489 e. The lowest BCUT2D eigenvalue weighted by Gasteiger charge is -2.13. The van der Waals surface area contributed by atoms with Crippen LogP contribution < -0.4 is 4.74 Å². The van der Waals surface area contributed by atoms with Gasteiger partial charge in [0, 0.05) is 11.8 Å².